The van der Waals surface area contributed by atoms with Crippen molar-refractivity contribution < 1.29 is 8.91 Å². The Morgan fingerprint density at radius 2 is 2.00 bits per heavy atom. The van der Waals surface area contributed by atoms with Crippen molar-refractivity contribution in [3.05, 3.63) is 64.8 Å². The normalized spacial score (nSPS) is 11.1. The van der Waals surface area contributed by atoms with Crippen molar-refractivity contribution in [1.82, 2.24) is 19.7 Å². The van der Waals surface area contributed by atoms with Gasteiger partial charge in [-0.25, -0.2) is 9.37 Å². The van der Waals surface area contributed by atoms with Gasteiger partial charge in [0.15, 0.2) is 0 Å². The number of pyridine rings is 2. The maximum atomic E-state index is 13.0. The molecular formula is C17H11FN4O2. The highest BCUT2D eigenvalue weighted by atomic mass is 19.1. The van der Waals surface area contributed by atoms with Gasteiger partial charge in [-0.1, -0.05) is 23.4 Å². The molecule has 3 aromatic heterocycles. The summed E-state index contributed by atoms with van der Waals surface area (Å²) in [5.41, 5.74) is 0.736. The van der Waals surface area contributed by atoms with Crippen molar-refractivity contribution in [3.8, 4) is 23.1 Å². The quantitative estimate of drug-likeness (QED) is 0.567. The Labute approximate surface area is 135 Å². The SMILES string of the molecule is Cn1c(-c2nc(-c3ccc(F)cn3)no2)cc2ccccc2c1=O. The first-order chi connectivity index (χ1) is 11.6. The van der Waals surface area contributed by atoms with E-state index in [-0.39, 0.29) is 17.3 Å². The molecular weight excluding hydrogens is 311 g/mol. The molecule has 0 radical (unpaired) electrons. The Hall–Kier alpha value is -3.35. The van der Waals surface area contributed by atoms with Gasteiger partial charge in [0.2, 0.25) is 5.82 Å². The second-order valence-corrected chi connectivity index (χ2v) is 5.27. The van der Waals surface area contributed by atoms with E-state index in [1.165, 1.54) is 16.7 Å². The number of hydrogen-bond donors (Lipinski definition) is 0. The molecule has 4 rings (SSSR count). The summed E-state index contributed by atoms with van der Waals surface area (Å²) in [7, 11) is 1.64. The summed E-state index contributed by atoms with van der Waals surface area (Å²) in [6.07, 6.45) is 1.08. The zero-order valence-electron chi connectivity index (χ0n) is 12.6. The first-order valence-corrected chi connectivity index (χ1v) is 7.18. The zero-order valence-corrected chi connectivity index (χ0v) is 12.6. The molecule has 0 fully saturated rings. The first kappa shape index (κ1) is 14.3. The standard InChI is InChI=1S/C17H11FN4O2/c1-22-14(8-10-4-2-3-5-12(10)17(22)23)16-20-15(21-24-16)13-7-6-11(18)9-19-13/h2-9H,1H3. The van der Waals surface area contributed by atoms with Crippen LogP contribution < -0.4 is 5.56 Å². The summed E-state index contributed by atoms with van der Waals surface area (Å²) in [4.78, 5) is 20.6. The number of fused-ring (bicyclic) bond motifs is 1. The Morgan fingerprint density at radius 1 is 1.17 bits per heavy atom. The second-order valence-electron chi connectivity index (χ2n) is 5.27. The summed E-state index contributed by atoms with van der Waals surface area (Å²) in [5, 5.41) is 5.26. The minimum Gasteiger partial charge on any atom is -0.332 e. The average Bonchev–Trinajstić information content (AvgIpc) is 3.08. The fourth-order valence-corrected chi connectivity index (χ4v) is 2.50. The number of benzene rings is 1. The predicted molar refractivity (Wildman–Crippen MR) is 85.7 cm³/mol. The van der Waals surface area contributed by atoms with Crippen LogP contribution in [0.5, 0.6) is 0 Å². The van der Waals surface area contributed by atoms with Crippen LogP contribution in [0.15, 0.2) is 58.0 Å². The lowest BCUT2D eigenvalue weighted by Gasteiger charge is -2.06. The smallest absolute Gasteiger partial charge is 0.275 e. The van der Waals surface area contributed by atoms with E-state index >= 15 is 0 Å². The topological polar surface area (TPSA) is 73.8 Å². The van der Waals surface area contributed by atoms with E-state index in [2.05, 4.69) is 15.1 Å². The molecule has 0 amide bonds. The summed E-state index contributed by atoms with van der Waals surface area (Å²) in [5.74, 6) is -0.0218. The predicted octanol–water partition coefficient (Wildman–Crippen LogP) is 2.79. The van der Waals surface area contributed by atoms with Gasteiger partial charge in [-0.3, -0.25) is 4.79 Å². The summed E-state index contributed by atoms with van der Waals surface area (Å²) in [6.45, 7) is 0. The van der Waals surface area contributed by atoms with E-state index in [9.17, 15) is 9.18 Å². The van der Waals surface area contributed by atoms with E-state index in [0.29, 0.717) is 16.8 Å². The van der Waals surface area contributed by atoms with Crippen LogP contribution in [-0.2, 0) is 7.05 Å². The first-order valence-electron chi connectivity index (χ1n) is 7.18. The number of aromatic nitrogens is 4. The van der Waals surface area contributed by atoms with E-state index in [1.807, 2.05) is 24.3 Å². The van der Waals surface area contributed by atoms with Crippen molar-refractivity contribution in [2.45, 2.75) is 0 Å². The van der Waals surface area contributed by atoms with Gasteiger partial charge in [0.1, 0.15) is 17.2 Å². The van der Waals surface area contributed by atoms with Crippen molar-refractivity contribution in [3.63, 3.8) is 0 Å². The lowest BCUT2D eigenvalue weighted by molar-refractivity contribution is 0.429. The molecule has 118 valence electrons. The van der Waals surface area contributed by atoms with Crippen LogP contribution in [0.3, 0.4) is 0 Å². The van der Waals surface area contributed by atoms with E-state index < -0.39 is 5.82 Å². The van der Waals surface area contributed by atoms with Crippen LogP contribution in [0.25, 0.3) is 33.9 Å². The minimum atomic E-state index is -0.445. The lowest BCUT2D eigenvalue weighted by atomic mass is 10.1. The van der Waals surface area contributed by atoms with Gasteiger partial charge >= 0.3 is 0 Å². The zero-order chi connectivity index (χ0) is 16.7. The molecule has 0 N–H and O–H groups in total. The molecule has 4 aromatic rings. The van der Waals surface area contributed by atoms with Gasteiger partial charge in [-0.15, -0.1) is 0 Å². The fourth-order valence-electron chi connectivity index (χ4n) is 2.50. The van der Waals surface area contributed by atoms with E-state index in [0.717, 1.165) is 11.6 Å². The monoisotopic (exact) mass is 322 g/mol. The van der Waals surface area contributed by atoms with Gasteiger partial charge in [-0.05, 0) is 29.7 Å². The molecule has 1 aromatic carbocycles. The number of rotatable bonds is 2. The van der Waals surface area contributed by atoms with Gasteiger partial charge in [0.05, 0.1) is 6.20 Å². The summed E-state index contributed by atoms with van der Waals surface area (Å²) in [6, 6.07) is 11.8. The number of hydrogen-bond acceptors (Lipinski definition) is 5. The Kier molecular flexibility index (Phi) is 3.19. The van der Waals surface area contributed by atoms with Crippen molar-refractivity contribution in [2.75, 3.05) is 0 Å². The van der Waals surface area contributed by atoms with Gasteiger partial charge in [0, 0.05) is 12.4 Å². The molecule has 24 heavy (non-hydrogen) atoms. The van der Waals surface area contributed by atoms with E-state index in [4.69, 9.17) is 4.52 Å². The molecule has 7 heteroatoms. The lowest BCUT2D eigenvalue weighted by Crippen LogP contribution is -2.18. The van der Waals surface area contributed by atoms with Gasteiger partial charge in [0.25, 0.3) is 11.4 Å². The molecule has 6 nitrogen and oxygen atoms in total. The Balaban J connectivity index is 1.85. The van der Waals surface area contributed by atoms with Crippen LogP contribution in [0.1, 0.15) is 0 Å². The molecule has 0 saturated carbocycles. The average molecular weight is 322 g/mol. The molecule has 0 atom stereocenters. The maximum Gasteiger partial charge on any atom is 0.275 e. The van der Waals surface area contributed by atoms with Crippen molar-refractivity contribution >= 4 is 10.8 Å². The van der Waals surface area contributed by atoms with Crippen molar-refractivity contribution in [2.24, 2.45) is 7.05 Å². The van der Waals surface area contributed by atoms with Crippen LogP contribution in [0.2, 0.25) is 0 Å². The summed E-state index contributed by atoms with van der Waals surface area (Å²) < 4.78 is 19.7. The fraction of sp³-hybridized carbons (Fsp3) is 0.0588. The molecule has 3 heterocycles. The molecule has 0 aliphatic carbocycles. The van der Waals surface area contributed by atoms with E-state index in [1.54, 1.807) is 13.1 Å². The number of nitrogens with zero attached hydrogens (tertiary/aromatic N) is 4. The summed E-state index contributed by atoms with van der Waals surface area (Å²) >= 11 is 0. The molecule has 0 aliphatic rings. The Bertz CT molecular complexity index is 1100. The van der Waals surface area contributed by atoms with Crippen molar-refractivity contribution in [1.29, 1.82) is 0 Å². The number of halogens is 1. The van der Waals surface area contributed by atoms with Crippen LogP contribution >= 0.6 is 0 Å². The largest absolute Gasteiger partial charge is 0.332 e. The third-order valence-corrected chi connectivity index (χ3v) is 3.75. The second kappa shape index (κ2) is 5.38. The molecule has 0 spiro atoms. The highest BCUT2D eigenvalue weighted by molar-refractivity contribution is 5.84. The molecule has 0 bridgehead atoms. The molecule has 0 aliphatic heterocycles. The molecule has 0 saturated heterocycles. The minimum absolute atomic E-state index is 0.150. The Morgan fingerprint density at radius 3 is 2.79 bits per heavy atom. The third-order valence-electron chi connectivity index (χ3n) is 3.75. The van der Waals surface area contributed by atoms with Crippen LogP contribution in [-0.4, -0.2) is 19.7 Å². The highest BCUT2D eigenvalue weighted by Gasteiger charge is 2.16. The van der Waals surface area contributed by atoms with Crippen LogP contribution in [0.4, 0.5) is 4.39 Å². The third kappa shape index (κ3) is 2.26. The molecule has 0 unspecified atom stereocenters. The van der Waals surface area contributed by atoms with Gasteiger partial charge in [-0.2, -0.15) is 4.98 Å². The maximum absolute atomic E-state index is 13.0. The highest BCUT2D eigenvalue weighted by Crippen LogP contribution is 2.22. The van der Waals surface area contributed by atoms with Crippen LogP contribution in [0, 0.1) is 5.82 Å². The van der Waals surface area contributed by atoms with Gasteiger partial charge < -0.3 is 9.09 Å².